The minimum atomic E-state index is -0.257. The van der Waals surface area contributed by atoms with Gasteiger partial charge < -0.3 is 14.5 Å². The van der Waals surface area contributed by atoms with Crippen LogP contribution in [-0.2, 0) is 30.5 Å². The van der Waals surface area contributed by atoms with Gasteiger partial charge in [-0.1, -0.05) is 44.0 Å². The van der Waals surface area contributed by atoms with Gasteiger partial charge in [-0.25, -0.2) is 14.4 Å². The van der Waals surface area contributed by atoms with Gasteiger partial charge in [-0.2, -0.15) is 0 Å². The summed E-state index contributed by atoms with van der Waals surface area (Å²) in [4.78, 5) is 27.4. The molecule has 37 heavy (non-hydrogen) atoms. The van der Waals surface area contributed by atoms with Crippen molar-refractivity contribution < 1.29 is 13.9 Å². The number of hydrogen-bond donors (Lipinski definition) is 0. The number of aromatic nitrogens is 2. The van der Waals surface area contributed by atoms with E-state index in [1.165, 1.54) is 37.0 Å². The molecule has 2 aromatic carbocycles. The zero-order valence-electron chi connectivity index (χ0n) is 21.6. The predicted octanol–water partition coefficient (Wildman–Crippen LogP) is 4.97. The van der Waals surface area contributed by atoms with Crippen molar-refractivity contribution in [2.75, 3.05) is 37.7 Å². The Hall–Kier alpha value is -3.32. The number of aryl methyl sites for hydroxylation is 1. The van der Waals surface area contributed by atoms with E-state index in [-0.39, 0.29) is 11.7 Å². The van der Waals surface area contributed by atoms with Gasteiger partial charge in [0.1, 0.15) is 17.5 Å². The Balaban J connectivity index is 1.37. The van der Waals surface area contributed by atoms with Crippen molar-refractivity contribution in [3.63, 3.8) is 0 Å². The van der Waals surface area contributed by atoms with Crippen molar-refractivity contribution in [3.8, 4) is 0 Å². The third-order valence-electron chi connectivity index (χ3n) is 7.20. The van der Waals surface area contributed by atoms with Gasteiger partial charge in [0.2, 0.25) is 0 Å². The molecule has 0 saturated carbocycles. The lowest BCUT2D eigenvalue weighted by molar-refractivity contribution is 0.0733. The summed E-state index contributed by atoms with van der Waals surface area (Å²) in [5.74, 6) is 1.35. The van der Waals surface area contributed by atoms with Gasteiger partial charge >= 0.3 is 0 Å². The molecule has 3 heterocycles. The molecule has 2 aliphatic rings. The molecule has 1 aromatic heterocycles. The first-order chi connectivity index (χ1) is 18.1. The van der Waals surface area contributed by atoms with Crippen LogP contribution in [0.3, 0.4) is 0 Å². The van der Waals surface area contributed by atoms with Crippen LogP contribution in [0, 0.1) is 5.82 Å². The number of hydrogen-bond acceptors (Lipinski definition) is 5. The molecule has 1 fully saturated rings. The van der Waals surface area contributed by atoms with Gasteiger partial charge in [-0.15, -0.1) is 0 Å². The maximum Gasteiger partial charge on any atom is 0.254 e. The third kappa shape index (κ3) is 6.16. The maximum atomic E-state index is 13.8. The summed E-state index contributed by atoms with van der Waals surface area (Å²) >= 11 is 0. The normalized spacial score (nSPS) is 15.5. The van der Waals surface area contributed by atoms with E-state index in [2.05, 4.69) is 24.0 Å². The van der Waals surface area contributed by atoms with Crippen LogP contribution < -0.4 is 4.90 Å². The van der Waals surface area contributed by atoms with Crippen LogP contribution in [0.5, 0.6) is 0 Å². The molecule has 0 spiro atoms. The van der Waals surface area contributed by atoms with Gasteiger partial charge in [-0.05, 0) is 48.2 Å². The average molecular weight is 503 g/mol. The Morgan fingerprint density at radius 1 is 1.00 bits per heavy atom. The SMILES string of the molecule is CCCCCc1ccc(C(=O)N2CCc3nc(Cc4cccc(F)c4)nc(N4CCOCC4)c3C2)cc1. The fourth-order valence-electron chi connectivity index (χ4n) is 5.14. The highest BCUT2D eigenvalue weighted by Gasteiger charge is 2.29. The fraction of sp³-hybridized carbons (Fsp3) is 0.433. The lowest BCUT2D eigenvalue weighted by Gasteiger charge is -2.34. The van der Waals surface area contributed by atoms with E-state index in [9.17, 15) is 9.18 Å². The molecule has 0 aliphatic carbocycles. The molecular weight excluding hydrogens is 467 g/mol. The molecule has 0 atom stereocenters. The molecule has 1 saturated heterocycles. The first-order valence-electron chi connectivity index (χ1n) is 13.4. The second kappa shape index (κ2) is 11.8. The third-order valence-corrected chi connectivity index (χ3v) is 7.20. The first kappa shape index (κ1) is 25.3. The highest BCUT2D eigenvalue weighted by atomic mass is 19.1. The van der Waals surface area contributed by atoms with E-state index in [0.29, 0.717) is 45.0 Å². The minimum Gasteiger partial charge on any atom is -0.378 e. The molecule has 1 amide bonds. The minimum absolute atomic E-state index is 0.0440. The highest BCUT2D eigenvalue weighted by molar-refractivity contribution is 5.94. The number of halogens is 1. The Morgan fingerprint density at radius 3 is 2.57 bits per heavy atom. The second-order valence-corrected chi connectivity index (χ2v) is 9.93. The number of rotatable bonds is 8. The first-order valence-corrected chi connectivity index (χ1v) is 13.4. The molecule has 0 bridgehead atoms. The molecule has 2 aliphatic heterocycles. The molecule has 194 valence electrons. The number of carbonyl (C=O) groups excluding carboxylic acids is 1. The number of anilines is 1. The lowest BCUT2D eigenvalue weighted by Crippen LogP contribution is -2.41. The Morgan fingerprint density at radius 2 is 1.81 bits per heavy atom. The van der Waals surface area contributed by atoms with Gasteiger partial charge in [0, 0.05) is 43.6 Å². The van der Waals surface area contributed by atoms with Crippen LogP contribution in [0.4, 0.5) is 10.2 Å². The number of unbranched alkanes of at least 4 members (excludes halogenated alkanes) is 2. The summed E-state index contributed by atoms with van der Waals surface area (Å²) in [5.41, 5.74) is 4.85. The van der Waals surface area contributed by atoms with Crippen molar-refractivity contribution in [2.45, 2.75) is 52.0 Å². The van der Waals surface area contributed by atoms with Crippen LogP contribution in [0.1, 0.15) is 64.8 Å². The van der Waals surface area contributed by atoms with Gasteiger partial charge in [0.05, 0.1) is 25.5 Å². The zero-order chi connectivity index (χ0) is 25.6. The Bertz CT molecular complexity index is 1220. The van der Waals surface area contributed by atoms with E-state index in [4.69, 9.17) is 14.7 Å². The summed E-state index contributed by atoms with van der Waals surface area (Å²) < 4.78 is 19.3. The van der Waals surface area contributed by atoms with Gasteiger partial charge in [0.25, 0.3) is 5.91 Å². The number of benzene rings is 2. The summed E-state index contributed by atoms with van der Waals surface area (Å²) in [6.07, 6.45) is 5.80. The number of morpholine rings is 1. The number of ether oxygens (including phenoxy) is 1. The standard InChI is InChI=1S/C30H35FN4O2/c1-2-3-4-6-22-9-11-24(12-10-22)30(36)35-14-13-27-26(21-35)29(34-15-17-37-18-16-34)33-28(32-27)20-23-7-5-8-25(31)19-23/h5,7-12,19H,2-4,6,13-18,20-21H2,1H3. The number of nitrogens with zero attached hydrogens (tertiary/aromatic N) is 4. The number of fused-ring (bicyclic) bond motifs is 1. The number of carbonyl (C=O) groups is 1. The zero-order valence-corrected chi connectivity index (χ0v) is 21.6. The van der Waals surface area contributed by atoms with Crippen molar-refractivity contribution in [1.82, 2.24) is 14.9 Å². The molecule has 0 radical (unpaired) electrons. The molecule has 7 heteroatoms. The van der Waals surface area contributed by atoms with E-state index < -0.39 is 0 Å². The van der Waals surface area contributed by atoms with E-state index in [0.717, 1.165) is 47.7 Å². The van der Waals surface area contributed by atoms with Gasteiger partial charge in [-0.3, -0.25) is 4.79 Å². The van der Waals surface area contributed by atoms with Crippen LogP contribution in [-0.4, -0.2) is 53.6 Å². The van der Waals surface area contributed by atoms with Crippen molar-refractivity contribution >= 4 is 11.7 Å². The maximum absolute atomic E-state index is 13.8. The monoisotopic (exact) mass is 502 g/mol. The van der Waals surface area contributed by atoms with Crippen molar-refractivity contribution in [2.24, 2.45) is 0 Å². The highest BCUT2D eigenvalue weighted by Crippen LogP contribution is 2.29. The van der Waals surface area contributed by atoms with Crippen LogP contribution >= 0.6 is 0 Å². The quantitative estimate of drug-likeness (QED) is 0.407. The molecule has 6 nitrogen and oxygen atoms in total. The lowest BCUT2D eigenvalue weighted by atomic mass is 10.0. The van der Waals surface area contributed by atoms with Crippen LogP contribution in [0.15, 0.2) is 48.5 Å². The van der Waals surface area contributed by atoms with Gasteiger partial charge in [0.15, 0.2) is 0 Å². The van der Waals surface area contributed by atoms with Crippen molar-refractivity contribution in [1.29, 1.82) is 0 Å². The average Bonchev–Trinajstić information content (AvgIpc) is 2.93. The Labute approximate surface area is 218 Å². The van der Waals surface area contributed by atoms with E-state index in [1.807, 2.05) is 23.1 Å². The largest absolute Gasteiger partial charge is 0.378 e. The summed E-state index contributed by atoms with van der Waals surface area (Å²) in [7, 11) is 0. The summed E-state index contributed by atoms with van der Waals surface area (Å²) in [6, 6.07) is 14.7. The molecule has 3 aromatic rings. The van der Waals surface area contributed by atoms with Crippen molar-refractivity contribution in [3.05, 3.63) is 88.1 Å². The topological polar surface area (TPSA) is 58.6 Å². The fourth-order valence-corrected chi connectivity index (χ4v) is 5.14. The van der Waals surface area contributed by atoms with E-state index >= 15 is 0 Å². The molecule has 0 N–H and O–H groups in total. The summed E-state index contributed by atoms with van der Waals surface area (Å²) in [6.45, 7) is 6.09. The molecule has 5 rings (SSSR count). The summed E-state index contributed by atoms with van der Waals surface area (Å²) in [5, 5.41) is 0. The van der Waals surface area contributed by atoms with Crippen LogP contribution in [0.2, 0.25) is 0 Å². The van der Waals surface area contributed by atoms with Crippen LogP contribution in [0.25, 0.3) is 0 Å². The molecule has 0 unspecified atom stereocenters. The second-order valence-electron chi connectivity index (χ2n) is 9.93. The number of amides is 1. The van der Waals surface area contributed by atoms with E-state index in [1.54, 1.807) is 6.07 Å². The Kier molecular flexibility index (Phi) is 8.09. The smallest absolute Gasteiger partial charge is 0.254 e. The predicted molar refractivity (Wildman–Crippen MR) is 142 cm³/mol. The molecular formula is C30H35FN4O2.